The number of rotatable bonds is 5. The van der Waals surface area contributed by atoms with E-state index >= 15 is 0 Å². The second-order valence-electron chi connectivity index (χ2n) is 4.10. The normalized spacial score (nSPS) is 10.4. The van der Waals surface area contributed by atoms with E-state index in [0.29, 0.717) is 0 Å². The van der Waals surface area contributed by atoms with Crippen molar-refractivity contribution >= 4 is 40.3 Å². The molecule has 0 radical (unpaired) electrons. The monoisotopic (exact) mass is 291 g/mol. The van der Waals surface area contributed by atoms with Crippen LogP contribution in [0, 0.1) is 5.41 Å². The lowest BCUT2D eigenvalue weighted by Crippen LogP contribution is -2.10. The number of benzene rings is 1. The van der Waals surface area contributed by atoms with Gasteiger partial charge in [-0.2, -0.15) is 0 Å². The first kappa shape index (κ1) is 14.0. The van der Waals surface area contributed by atoms with Gasteiger partial charge >= 0.3 is 0 Å². The van der Waals surface area contributed by atoms with Gasteiger partial charge in [0.05, 0.1) is 14.8 Å². The van der Waals surface area contributed by atoms with Crippen LogP contribution >= 0.6 is 23.1 Å². The summed E-state index contributed by atoms with van der Waals surface area (Å²) in [7, 11) is 0. The number of nitrogens with two attached hydrogens (primary N) is 1. The molecule has 5 heteroatoms. The predicted octanol–water partition coefficient (Wildman–Crippen LogP) is 4.06. The Morgan fingerprint density at radius 1 is 1.37 bits per heavy atom. The molecule has 2 aromatic rings. The fraction of sp³-hybridized carbons (Fsp3) is 0.214. The van der Waals surface area contributed by atoms with E-state index in [1.807, 2.05) is 12.3 Å². The predicted molar refractivity (Wildman–Crippen MR) is 86.2 cm³/mol. The van der Waals surface area contributed by atoms with Gasteiger partial charge in [0.1, 0.15) is 5.84 Å². The van der Waals surface area contributed by atoms with Crippen LogP contribution in [0.15, 0.2) is 34.5 Å². The van der Waals surface area contributed by atoms with Crippen LogP contribution in [0.5, 0.6) is 0 Å². The molecule has 4 N–H and O–H groups in total. The Kier molecular flexibility index (Phi) is 4.50. The quantitative estimate of drug-likeness (QED) is 0.442. The van der Waals surface area contributed by atoms with Crippen molar-refractivity contribution in [1.82, 2.24) is 0 Å². The molecule has 0 saturated carbocycles. The van der Waals surface area contributed by atoms with E-state index < -0.39 is 0 Å². The Morgan fingerprint density at radius 2 is 2.05 bits per heavy atom. The summed E-state index contributed by atoms with van der Waals surface area (Å²) >= 11 is 3.21. The first-order valence-corrected chi connectivity index (χ1v) is 8.06. The van der Waals surface area contributed by atoms with E-state index in [1.54, 1.807) is 23.1 Å². The van der Waals surface area contributed by atoms with E-state index in [-0.39, 0.29) is 5.84 Å². The Bertz CT molecular complexity index is 573. The van der Waals surface area contributed by atoms with Crippen LogP contribution in [0.25, 0.3) is 0 Å². The van der Waals surface area contributed by atoms with Gasteiger partial charge in [-0.3, -0.25) is 5.41 Å². The van der Waals surface area contributed by atoms with Crippen LogP contribution in [0.3, 0.4) is 0 Å². The van der Waals surface area contributed by atoms with Crippen LogP contribution in [-0.2, 0) is 6.42 Å². The third-order valence-corrected chi connectivity index (χ3v) is 5.03. The molecule has 0 atom stereocenters. The Hall–Kier alpha value is -1.46. The van der Waals surface area contributed by atoms with Crippen molar-refractivity contribution in [2.75, 3.05) is 11.6 Å². The van der Waals surface area contributed by atoms with E-state index in [0.717, 1.165) is 26.9 Å². The van der Waals surface area contributed by atoms with Crippen LogP contribution in [0.4, 0.5) is 11.4 Å². The van der Waals surface area contributed by atoms with Crippen molar-refractivity contribution in [1.29, 1.82) is 5.41 Å². The second-order valence-corrected chi connectivity index (χ2v) is 6.26. The first-order chi connectivity index (χ1) is 9.13. The number of anilines is 2. The number of nitrogens with one attached hydrogen (secondary N) is 2. The molecule has 0 aliphatic rings. The number of thioether (sulfide) groups is 1. The lowest BCUT2D eigenvalue weighted by atomic mass is 10.1. The van der Waals surface area contributed by atoms with Gasteiger partial charge in [-0.05, 0) is 36.4 Å². The van der Waals surface area contributed by atoms with Gasteiger partial charge in [0.25, 0.3) is 0 Å². The molecule has 0 saturated heterocycles. The molecular formula is C14H17N3S2. The van der Waals surface area contributed by atoms with E-state index in [1.165, 1.54) is 5.56 Å². The highest BCUT2D eigenvalue weighted by Crippen LogP contribution is 2.34. The number of aryl methyl sites for hydroxylation is 1. The Balaban J connectivity index is 2.26. The molecule has 0 unspecified atom stereocenters. The summed E-state index contributed by atoms with van der Waals surface area (Å²) < 4.78 is 1.15. The van der Waals surface area contributed by atoms with Gasteiger partial charge in [0, 0.05) is 5.69 Å². The smallest absolute Gasteiger partial charge is 0.135 e. The summed E-state index contributed by atoms with van der Waals surface area (Å²) in [6, 6.07) is 10.4. The zero-order valence-corrected chi connectivity index (χ0v) is 12.6. The highest BCUT2D eigenvalue weighted by molar-refractivity contribution is 8.00. The summed E-state index contributed by atoms with van der Waals surface area (Å²) in [5, 5.41) is 11.0. The fourth-order valence-corrected chi connectivity index (χ4v) is 3.27. The first-order valence-electron chi connectivity index (χ1n) is 6.02. The van der Waals surface area contributed by atoms with E-state index in [4.69, 9.17) is 11.1 Å². The van der Waals surface area contributed by atoms with Crippen LogP contribution in [0.1, 0.15) is 17.4 Å². The number of nitrogen functional groups attached to an aromatic ring is 1. The minimum Gasteiger partial charge on any atom is -0.383 e. The average Bonchev–Trinajstić information content (AvgIpc) is 2.83. The van der Waals surface area contributed by atoms with Crippen molar-refractivity contribution in [2.24, 2.45) is 5.73 Å². The third kappa shape index (κ3) is 3.30. The molecule has 0 bridgehead atoms. The Labute approximate surface area is 121 Å². The zero-order chi connectivity index (χ0) is 13.8. The summed E-state index contributed by atoms with van der Waals surface area (Å²) in [5.41, 5.74) is 8.87. The van der Waals surface area contributed by atoms with Gasteiger partial charge < -0.3 is 11.1 Å². The van der Waals surface area contributed by atoms with Crippen molar-refractivity contribution in [3.63, 3.8) is 0 Å². The molecule has 1 heterocycles. The number of amidine groups is 1. The molecule has 3 nitrogen and oxygen atoms in total. The van der Waals surface area contributed by atoms with E-state index in [9.17, 15) is 0 Å². The van der Waals surface area contributed by atoms with Crippen LogP contribution in [-0.4, -0.2) is 12.1 Å². The fourth-order valence-electron chi connectivity index (χ4n) is 1.74. The maximum atomic E-state index is 7.63. The summed E-state index contributed by atoms with van der Waals surface area (Å²) in [6.07, 6.45) is 3.06. The molecular weight excluding hydrogens is 274 g/mol. The second kappa shape index (κ2) is 6.12. The molecule has 0 amide bonds. The molecule has 0 aliphatic carbocycles. The number of thiophene rings is 1. The highest BCUT2D eigenvalue weighted by Gasteiger charge is 2.11. The molecule has 19 heavy (non-hydrogen) atoms. The molecule has 0 aliphatic heterocycles. The van der Waals surface area contributed by atoms with Crippen molar-refractivity contribution in [3.05, 3.63) is 40.8 Å². The van der Waals surface area contributed by atoms with E-state index in [2.05, 4.69) is 36.5 Å². The van der Waals surface area contributed by atoms with Crippen LogP contribution in [0.2, 0.25) is 0 Å². The molecule has 0 fully saturated rings. The van der Waals surface area contributed by atoms with Gasteiger partial charge in [-0.1, -0.05) is 19.1 Å². The molecule has 2 rings (SSSR count). The van der Waals surface area contributed by atoms with Gasteiger partial charge in [-0.15, -0.1) is 23.1 Å². The third-order valence-electron chi connectivity index (χ3n) is 2.80. The lowest BCUT2D eigenvalue weighted by Gasteiger charge is -2.07. The average molecular weight is 291 g/mol. The SMILES string of the molecule is CCc1ccc(Nc2cc(SC)sc2C(=N)N)cc1. The maximum Gasteiger partial charge on any atom is 0.135 e. The minimum atomic E-state index is 0.109. The number of hydrogen-bond acceptors (Lipinski definition) is 4. The lowest BCUT2D eigenvalue weighted by molar-refractivity contribution is 1.14. The van der Waals surface area contributed by atoms with Crippen LogP contribution < -0.4 is 11.1 Å². The molecule has 0 spiro atoms. The summed E-state index contributed by atoms with van der Waals surface area (Å²) in [4.78, 5) is 0.795. The number of hydrogen-bond donors (Lipinski definition) is 3. The maximum absolute atomic E-state index is 7.63. The topological polar surface area (TPSA) is 61.9 Å². The minimum absolute atomic E-state index is 0.109. The van der Waals surface area contributed by atoms with Crippen molar-refractivity contribution in [3.8, 4) is 0 Å². The highest BCUT2D eigenvalue weighted by atomic mass is 32.2. The van der Waals surface area contributed by atoms with Crippen molar-refractivity contribution in [2.45, 2.75) is 17.6 Å². The summed E-state index contributed by atoms with van der Waals surface area (Å²) in [6.45, 7) is 2.14. The largest absolute Gasteiger partial charge is 0.383 e. The molecule has 100 valence electrons. The van der Waals surface area contributed by atoms with Gasteiger partial charge in [-0.25, -0.2) is 0 Å². The molecule has 1 aromatic heterocycles. The summed E-state index contributed by atoms with van der Waals surface area (Å²) in [5.74, 6) is 0.109. The standard InChI is InChI=1S/C14H17N3S2/c1-3-9-4-6-10(7-5-9)17-11-8-12(18-2)19-13(11)14(15)16/h4-8,17H,3H2,1-2H3,(H3,15,16). The molecule has 1 aromatic carbocycles. The van der Waals surface area contributed by atoms with Crippen molar-refractivity contribution < 1.29 is 0 Å². The Morgan fingerprint density at radius 3 is 2.58 bits per heavy atom. The van der Waals surface area contributed by atoms with Gasteiger partial charge in [0.15, 0.2) is 0 Å². The zero-order valence-electron chi connectivity index (χ0n) is 11.0. The van der Waals surface area contributed by atoms with Gasteiger partial charge in [0.2, 0.25) is 0 Å².